The Bertz CT molecular complexity index is 764. The molecule has 1 amide bonds. The Balaban J connectivity index is 2.16. The minimum Gasteiger partial charge on any atom is -0.362 e. The van der Waals surface area contributed by atoms with Crippen LogP contribution in [-0.2, 0) is 5.41 Å². The number of nitrogens with one attached hydrogen (secondary N) is 2. The zero-order valence-corrected chi connectivity index (χ0v) is 17.6. The van der Waals surface area contributed by atoms with E-state index in [1.54, 1.807) is 36.4 Å². The molecule has 26 heavy (non-hydrogen) atoms. The maximum absolute atomic E-state index is 12.6. The fourth-order valence-electron chi connectivity index (χ4n) is 2.28. The number of rotatable bonds is 4. The van der Waals surface area contributed by atoms with Gasteiger partial charge in [-0.15, -0.1) is 0 Å². The lowest BCUT2D eigenvalue weighted by molar-refractivity contribution is 0.0942. The van der Waals surface area contributed by atoms with E-state index >= 15 is 0 Å². The molecule has 0 bridgehead atoms. The summed E-state index contributed by atoms with van der Waals surface area (Å²) < 4.78 is -1.76. The Morgan fingerprint density at radius 1 is 1.00 bits per heavy atom. The van der Waals surface area contributed by atoms with Crippen LogP contribution in [-0.4, -0.2) is 15.9 Å². The first-order valence-corrected chi connectivity index (χ1v) is 9.48. The fraction of sp³-hybridized carbons (Fsp3) is 0.316. The molecule has 0 fully saturated rings. The third-order valence-corrected chi connectivity index (χ3v) is 4.64. The van der Waals surface area contributed by atoms with Crippen molar-refractivity contribution in [1.82, 2.24) is 5.32 Å². The molecule has 2 aromatic rings. The van der Waals surface area contributed by atoms with Crippen LogP contribution in [0.2, 0.25) is 5.02 Å². The molecule has 0 aliphatic rings. The number of amides is 1. The first kappa shape index (κ1) is 21.2. The molecule has 1 atom stereocenters. The molecule has 0 heterocycles. The summed E-state index contributed by atoms with van der Waals surface area (Å²) in [6.07, 6.45) is -0.944. The number of anilines is 1. The van der Waals surface area contributed by atoms with Gasteiger partial charge in [-0.2, -0.15) is 0 Å². The first-order chi connectivity index (χ1) is 12.0. The number of halogens is 4. The molecule has 0 aromatic heterocycles. The highest BCUT2D eigenvalue weighted by Gasteiger charge is 2.34. The molecule has 0 spiro atoms. The average molecular weight is 434 g/mol. The van der Waals surface area contributed by atoms with Crippen molar-refractivity contribution < 1.29 is 4.79 Å². The topological polar surface area (TPSA) is 41.1 Å². The number of alkyl halides is 3. The van der Waals surface area contributed by atoms with Gasteiger partial charge in [-0.05, 0) is 41.3 Å². The van der Waals surface area contributed by atoms with E-state index in [9.17, 15) is 4.79 Å². The van der Waals surface area contributed by atoms with Crippen LogP contribution in [0.25, 0.3) is 0 Å². The minimum absolute atomic E-state index is 0.00322. The van der Waals surface area contributed by atoms with Gasteiger partial charge in [0.15, 0.2) is 0 Å². The zero-order valence-electron chi connectivity index (χ0n) is 14.6. The van der Waals surface area contributed by atoms with Gasteiger partial charge in [0, 0.05) is 16.3 Å². The van der Waals surface area contributed by atoms with E-state index in [0.717, 1.165) is 5.56 Å². The Kier molecular flexibility index (Phi) is 6.73. The maximum Gasteiger partial charge on any atom is 0.252 e. The molecule has 3 nitrogen and oxygen atoms in total. The number of benzene rings is 2. The summed E-state index contributed by atoms with van der Waals surface area (Å²) in [6.45, 7) is 6.32. The van der Waals surface area contributed by atoms with Crippen LogP contribution in [0.3, 0.4) is 0 Å². The highest BCUT2D eigenvalue weighted by atomic mass is 35.6. The normalized spacial score (nSPS) is 13.2. The molecule has 2 rings (SSSR count). The zero-order chi connectivity index (χ0) is 19.5. The Labute approximate surface area is 174 Å². The third kappa shape index (κ3) is 5.95. The molecule has 7 heteroatoms. The van der Waals surface area contributed by atoms with Crippen molar-refractivity contribution in [2.75, 3.05) is 5.32 Å². The summed E-state index contributed by atoms with van der Waals surface area (Å²) >= 11 is 24.0. The molecular weight excluding hydrogens is 414 g/mol. The first-order valence-electron chi connectivity index (χ1n) is 7.97. The molecule has 0 saturated heterocycles. The van der Waals surface area contributed by atoms with Gasteiger partial charge >= 0.3 is 0 Å². The van der Waals surface area contributed by atoms with Gasteiger partial charge in [-0.25, -0.2) is 0 Å². The summed E-state index contributed by atoms with van der Waals surface area (Å²) in [5.74, 6) is -0.351. The maximum atomic E-state index is 12.6. The standard InChI is InChI=1S/C19H20Cl4N2O/c1-18(2,3)13-9-7-12(8-10-13)16(26)25-17(19(21,22)23)24-15-6-4-5-14(20)11-15/h4-11,17,24H,1-3H3,(H,25,26). The highest BCUT2D eigenvalue weighted by Crippen LogP contribution is 2.32. The van der Waals surface area contributed by atoms with Gasteiger partial charge in [0.25, 0.3) is 5.91 Å². The quantitative estimate of drug-likeness (QED) is 0.446. The molecule has 0 aliphatic carbocycles. The second kappa shape index (κ2) is 8.26. The molecule has 0 radical (unpaired) electrons. The number of hydrogen-bond donors (Lipinski definition) is 2. The Morgan fingerprint density at radius 2 is 1.62 bits per heavy atom. The van der Waals surface area contributed by atoms with Crippen LogP contribution in [0.1, 0.15) is 36.7 Å². The van der Waals surface area contributed by atoms with Gasteiger partial charge in [0.2, 0.25) is 3.79 Å². The van der Waals surface area contributed by atoms with E-state index in [1.165, 1.54) is 0 Å². The molecule has 2 N–H and O–H groups in total. The van der Waals surface area contributed by atoms with Gasteiger partial charge in [0.05, 0.1) is 0 Å². The minimum atomic E-state index is -1.76. The van der Waals surface area contributed by atoms with Crippen LogP contribution >= 0.6 is 46.4 Å². The number of carbonyl (C=O) groups excluding carboxylic acids is 1. The predicted molar refractivity (Wildman–Crippen MR) is 112 cm³/mol. The second-order valence-electron chi connectivity index (χ2n) is 6.93. The Morgan fingerprint density at radius 3 is 2.12 bits per heavy atom. The lowest BCUT2D eigenvalue weighted by atomic mass is 9.87. The number of hydrogen-bond acceptors (Lipinski definition) is 2. The van der Waals surface area contributed by atoms with Crippen LogP contribution in [0.4, 0.5) is 5.69 Å². The van der Waals surface area contributed by atoms with Crippen LogP contribution < -0.4 is 10.6 Å². The predicted octanol–water partition coefficient (Wildman–Crippen LogP) is 6.18. The average Bonchev–Trinajstić information content (AvgIpc) is 2.52. The smallest absolute Gasteiger partial charge is 0.252 e. The van der Waals surface area contributed by atoms with Crippen molar-refractivity contribution in [2.45, 2.75) is 36.1 Å². The van der Waals surface area contributed by atoms with Gasteiger partial charge in [-0.1, -0.05) is 85.4 Å². The summed E-state index contributed by atoms with van der Waals surface area (Å²) in [5.41, 5.74) is 2.23. The molecule has 0 aliphatic heterocycles. The molecule has 2 aromatic carbocycles. The summed E-state index contributed by atoms with van der Waals surface area (Å²) in [4.78, 5) is 12.6. The van der Waals surface area contributed by atoms with E-state index < -0.39 is 9.96 Å². The monoisotopic (exact) mass is 432 g/mol. The summed E-state index contributed by atoms with van der Waals surface area (Å²) in [6, 6.07) is 14.3. The molecular formula is C19H20Cl4N2O. The van der Waals surface area contributed by atoms with Crippen molar-refractivity contribution in [1.29, 1.82) is 0 Å². The van der Waals surface area contributed by atoms with Crippen LogP contribution in [0.15, 0.2) is 48.5 Å². The van der Waals surface area contributed by atoms with Crippen molar-refractivity contribution in [2.24, 2.45) is 0 Å². The van der Waals surface area contributed by atoms with E-state index in [-0.39, 0.29) is 11.3 Å². The molecule has 1 unspecified atom stereocenters. The second-order valence-corrected chi connectivity index (χ2v) is 9.74. The lowest BCUT2D eigenvalue weighted by Crippen LogP contribution is -2.49. The highest BCUT2D eigenvalue weighted by molar-refractivity contribution is 6.68. The van der Waals surface area contributed by atoms with Crippen molar-refractivity contribution in [3.63, 3.8) is 0 Å². The third-order valence-electron chi connectivity index (χ3n) is 3.75. The molecule has 140 valence electrons. The van der Waals surface area contributed by atoms with E-state index in [0.29, 0.717) is 16.3 Å². The van der Waals surface area contributed by atoms with Crippen LogP contribution in [0, 0.1) is 0 Å². The van der Waals surface area contributed by atoms with Gasteiger partial charge in [-0.3, -0.25) is 4.79 Å². The van der Waals surface area contributed by atoms with E-state index in [1.807, 2.05) is 12.1 Å². The molecule has 0 saturated carbocycles. The largest absolute Gasteiger partial charge is 0.362 e. The van der Waals surface area contributed by atoms with Gasteiger partial charge in [0.1, 0.15) is 6.17 Å². The van der Waals surface area contributed by atoms with Crippen molar-refractivity contribution in [3.05, 3.63) is 64.7 Å². The van der Waals surface area contributed by atoms with Crippen LogP contribution in [0.5, 0.6) is 0 Å². The van der Waals surface area contributed by atoms with E-state index in [2.05, 4.69) is 31.4 Å². The number of carbonyl (C=O) groups is 1. The van der Waals surface area contributed by atoms with E-state index in [4.69, 9.17) is 46.4 Å². The van der Waals surface area contributed by atoms with Crippen molar-refractivity contribution in [3.8, 4) is 0 Å². The van der Waals surface area contributed by atoms with Gasteiger partial charge < -0.3 is 10.6 Å². The summed E-state index contributed by atoms with van der Waals surface area (Å²) in [7, 11) is 0. The Hall–Kier alpha value is -1.13. The van der Waals surface area contributed by atoms with Crippen molar-refractivity contribution >= 4 is 58.0 Å². The SMILES string of the molecule is CC(C)(C)c1ccc(C(=O)NC(Nc2cccc(Cl)c2)C(Cl)(Cl)Cl)cc1. The fourth-order valence-corrected chi connectivity index (χ4v) is 2.80. The summed E-state index contributed by atoms with van der Waals surface area (Å²) in [5, 5.41) is 6.22. The lowest BCUT2D eigenvalue weighted by Gasteiger charge is -2.27.